The quantitative estimate of drug-likeness (QED) is 0.0350. The number of rotatable bonds is 15. The van der Waals surface area contributed by atoms with Gasteiger partial charge in [0, 0.05) is 57.4 Å². The van der Waals surface area contributed by atoms with Crippen molar-refractivity contribution in [1.82, 2.24) is 4.57 Å². The molecular weight excluding hydrogens is 721 g/mol. The number of allylic oxidation sites excluding steroid dienone is 3. The predicted octanol–water partition coefficient (Wildman–Crippen LogP) is 12.1. The molecule has 4 aromatic carbocycles. The summed E-state index contributed by atoms with van der Waals surface area (Å²) in [7, 11) is 0. The molecule has 10 heteroatoms. The van der Waals surface area contributed by atoms with Gasteiger partial charge in [0.1, 0.15) is 11.5 Å². The zero-order valence-corrected chi connectivity index (χ0v) is 32.8. The van der Waals surface area contributed by atoms with Gasteiger partial charge >= 0.3 is 18.3 Å². The Morgan fingerprint density at radius 1 is 0.929 bits per heavy atom. The second-order valence-corrected chi connectivity index (χ2v) is 14.9. The van der Waals surface area contributed by atoms with E-state index in [9.17, 15) is 27.2 Å². The molecule has 294 valence electrons. The molecule has 6 nitrogen and oxygen atoms in total. The average Bonchev–Trinajstić information content (AvgIpc) is 3.47. The topological polar surface area (TPSA) is 69.9 Å². The highest BCUT2D eigenvalue weighted by atomic mass is 19.3. The van der Waals surface area contributed by atoms with E-state index in [0.717, 1.165) is 81.5 Å². The van der Waals surface area contributed by atoms with Crippen LogP contribution in [0.1, 0.15) is 97.5 Å². The van der Waals surface area contributed by atoms with Gasteiger partial charge in [0.25, 0.3) is 0 Å². The number of halogens is 4. The van der Waals surface area contributed by atoms with Crippen molar-refractivity contribution in [2.45, 2.75) is 99.0 Å². The summed E-state index contributed by atoms with van der Waals surface area (Å²) in [5.74, 6) is -4.83. The predicted molar refractivity (Wildman–Crippen MR) is 215 cm³/mol. The number of unbranched alkanes of at least 4 members (excludes halogenated alkanes) is 1. The Morgan fingerprint density at radius 3 is 2.30 bits per heavy atom. The lowest BCUT2D eigenvalue weighted by Crippen LogP contribution is -2.32. The van der Waals surface area contributed by atoms with E-state index < -0.39 is 24.9 Å². The number of benzene rings is 4. The highest BCUT2D eigenvalue weighted by Crippen LogP contribution is 2.40. The van der Waals surface area contributed by atoms with Crippen LogP contribution >= 0.6 is 0 Å². The number of ketones is 1. The Kier molecular flexibility index (Phi) is 12.2. The first-order valence-electron chi connectivity index (χ1n) is 19.3. The number of aryl methyl sites for hydroxylation is 3. The van der Waals surface area contributed by atoms with Crippen molar-refractivity contribution in [2.75, 3.05) is 6.61 Å². The fraction of sp³-hybridized carbons (Fsp3) is 0.370. The maximum Gasteiger partial charge on any atom is 0.340 e. The number of carbonyl (C=O) groups is 2. The normalized spacial score (nSPS) is 14.4. The molecule has 1 heterocycles. The van der Waals surface area contributed by atoms with Gasteiger partial charge < -0.3 is 14.1 Å². The Hall–Kier alpha value is -5.25. The number of hydrogen-bond acceptors (Lipinski definition) is 5. The van der Waals surface area contributed by atoms with E-state index in [1.165, 1.54) is 13.0 Å². The monoisotopic (exact) mass is 768 g/mol. The van der Waals surface area contributed by atoms with Crippen molar-refractivity contribution in [3.63, 3.8) is 0 Å². The van der Waals surface area contributed by atoms with Crippen molar-refractivity contribution in [3.8, 4) is 0 Å². The van der Waals surface area contributed by atoms with E-state index in [1.807, 2.05) is 75.4 Å². The summed E-state index contributed by atoms with van der Waals surface area (Å²) in [5, 5.41) is 7.63. The Labute approximate surface area is 324 Å². The smallest absolute Gasteiger partial charge is 0.340 e. The first-order valence-corrected chi connectivity index (χ1v) is 19.3. The van der Waals surface area contributed by atoms with E-state index in [-0.39, 0.29) is 23.7 Å². The number of alkyl halides is 4. The van der Waals surface area contributed by atoms with Crippen molar-refractivity contribution < 1.29 is 36.7 Å². The van der Waals surface area contributed by atoms with Crippen LogP contribution < -0.4 is 0 Å². The third kappa shape index (κ3) is 8.15. The van der Waals surface area contributed by atoms with Crippen LogP contribution in [0.4, 0.5) is 17.6 Å². The zero-order chi connectivity index (χ0) is 40.3. The number of fused-ring (bicyclic) bond motifs is 5. The molecule has 56 heavy (non-hydrogen) atoms. The molecule has 0 spiro atoms. The third-order valence-corrected chi connectivity index (χ3v) is 10.7. The number of carbonyl (C=O) groups excluding carboxylic acids is 2. The third-order valence-electron chi connectivity index (χ3n) is 10.7. The van der Waals surface area contributed by atoms with E-state index in [1.54, 1.807) is 6.08 Å². The molecule has 1 aliphatic carbocycles. The second-order valence-electron chi connectivity index (χ2n) is 14.9. The highest BCUT2D eigenvalue weighted by molar-refractivity contribution is 6.27. The number of oxime groups is 1. The fourth-order valence-corrected chi connectivity index (χ4v) is 7.98. The van der Waals surface area contributed by atoms with Crippen LogP contribution in [-0.4, -0.2) is 41.0 Å². The van der Waals surface area contributed by atoms with E-state index in [2.05, 4.69) is 29.6 Å². The van der Waals surface area contributed by atoms with Crippen LogP contribution in [-0.2, 0) is 20.9 Å². The molecule has 5 aromatic rings. The molecule has 0 amide bonds. The van der Waals surface area contributed by atoms with Gasteiger partial charge in [-0.15, -0.1) is 0 Å². The van der Waals surface area contributed by atoms with Crippen molar-refractivity contribution in [1.29, 1.82) is 0 Å². The Morgan fingerprint density at radius 2 is 1.64 bits per heavy atom. The van der Waals surface area contributed by atoms with Gasteiger partial charge in [-0.25, -0.2) is 13.6 Å². The van der Waals surface area contributed by atoms with Gasteiger partial charge in [0.05, 0.1) is 5.52 Å². The van der Waals surface area contributed by atoms with Gasteiger partial charge in [-0.2, -0.15) is 8.78 Å². The number of ether oxygens (including phenoxy) is 1. The van der Waals surface area contributed by atoms with Gasteiger partial charge in [-0.05, 0) is 86.7 Å². The van der Waals surface area contributed by atoms with Crippen LogP contribution in [0, 0.1) is 26.7 Å². The first-order chi connectivity index (χ1) is 26.7. The lowest BCUT2D eigenvalue weighted by Gasteiger charge is -2.21. The summed E-state index contributed by atoms with van der Waals surface area (Å²) in [5.41, 5.74) is 6.98. The molecule has 0 aliphatic heterocycles. The largest absolute Gasteiger partial charge is 0.487 e. The molecular formula is C46H48F4N2O4. The summed E-state index contributed by atoms with van der Waals surface area (Å²) in [6.45, 7) is 10.7. The van der Waals surface area contributed by atoms with Gasteiger partial charge in [0.2, 0.25) is 0 Å². The number of hydrogen-bond donors (Lipinski definition) is 0. The Balaban J connectivity index is 1.63. The van der Waals surface area contributed by atoms with Gasteiger partial charge in [-0.1, -0.05) is 92.4 Å². The average molecular weight is 769 g/mol. The summed E-state index contributed by atoms with van der Waals surface area (Å²) < 4.78 is 61.9. The fourth-order valence-electron chi connectivity index (χ4n) is 7.98. The summed E-state index contributed by atoms with van der Waals surface area (Å²) in [6, 6.07) is 19.7. The van der Waals surface area contributed by atoms with Gasteiger partial charge in [-0.3, -0.25) is 4.79 Å². The lowest BCUT2D eigenvalue weighted by atomic mass is 9.89. The molecule has 1 aliphatic rings. The Bertz CT molecular complexity index is 2380. The van der Waals surface area contributed by atoms with Crippen molar-refractivity contribution in [2.24, 2.45) is 11.1 Å². The minimum atomic E-state index is -4.38. The van der Waals surface area contributed by atoms with Crippen molar-refractivity contribution >= 4 is 50.0 Å². The SMILES string of the molecule is CCCCC(CC)Cn1c2ccc(/C(=N\OC(C)=O)C3=C(OCC(F)(F)C(F)F)C=CCC3)cc2c2cc(C(=O)c3c(C)cc(C)cc3C)c3ccccc3c21. The molecule has 0 saturated carbocycles. The standard InChI is InChI=1S/C46H48F4N2O4/c1-7-9-14-31(8-2)25-52-39-20-19-32(42(51-56-30(6)53)35-17-12-13-18-40(35)55-26-46(49,50)45(47)48)23-36(39)37-24-38(33-15-10-11-16-34(33)43(37)52)44(54)41-28(4)21-27(3)22-29(41)5/h10-11,13,15-16,18-24,31,45H,7-9,12,14,17,25-26H2,1-6H3/b51-42+. The molecule has 1 unspecified atom stereocenters. The van der Waals surface area contributed by atoms with Crippen LogP contribution in [0.5, 0.6) is 0 Å². The summed E-state index contributed by atoms with van der Waals surface area (Å²) in [4.78, 5) is 31.9. The summed E-state index contributed by atoms with van der Waals surface area (Å²) in [6.07, 6.45) is 4.21. The van der Waals surface area contributed by atoms with Crippen LogP contribution in [0.15, 0.2) is 89.3 Å². The highest BCUT2D eigenvalue weighted by Gasteiger charge is 2.42. The van der Waals surface area contributed by atoms with E-state index in [4.69, 9.17) is 9.57 Å². The molecule has 0 saturated heterocycles. The maximum absolute atomic E-state index is 14.7. The second kappa shape index (κ2) is 16.9. The van der Waals surface area contributed by atoms with E-state index in [0.29, 0.717) is 34.6 Å². The number of nitrogens with zero attached hydrogens (tertiary/aromatic N) is 2. The molecule has 0 N–H and O–H groups in total. The van der Waals surface area contributed by atoms with Crippen LogP contribution in [0.3, 0.4) is 0 Å². The molecule has 0 bridgehead atoms. The molecule has 6 rings (SSSR count). The lowest BCUT2D eigenvalue weighted by molar-refractivity contribution is -0.157. The molecule has 1 atom stereocenters. The zero-order valence-electron chi connectivity index (χ0n) is 32.8. The first kappa shape index (κ1) is 40.4. The number of aromatic nitrogens is 1. The van der Waals surface area contributed by atoms with Crippen LogP contribution in [0.2, 0.25) is 0 Å². The minimum absolute atomic E-state index is 0.0607. The molecule has 1 aromatic heterocycles. The summed E-state index contributed by atoms with van der Waals surface area (Å²) >= 11 is 0. The minimum Gasteiger partial charge on any atom is -0.487 e. The molecule has 0 radical (unpaired) electrons. The van der Waals surface area contributed by atoms with Crippen LogP contribution in [0.25, 0.3) is 32.6 Å². The van der Waals surface area contributed by atoms with Crippen molar-refractivity contribution in [3.05, 3.63) is 118 Å². The molecule has 0 fully saturated rings. The van der Waals surface area contributed by atoms with E-state index >= 15 is 0 Å². The maximum atomic E-state index is 14.7. The van der Waals surface area contributed by atoms with Gasteiger partial charge in [0.15, 0.2) is 12.4 Å².